The maximum atomic E-state index is 13.1. The van der Waals surface area contributed by atoms with Crippen molar-refractivity contribution in [2.75, 3.05) is 26.7 Å². The third kappa shape index (κ3) is 3.30. The number of carbonyl (C=O) groups is 1. The van der Waals surface area contributed by atoms with Crippen molar-refractivity contribution in [1.29, 1.82) is 0 Å². The number of pyridine rings is 2. The SMILES string of the molecule is Cc1ccsc1C(=O)N1CCN(C)C(c2ncn3cc(-c4cccnc4)ccc23)C1. The number of thiophene rings is 1. The molecule has 1 unspecified atom stereocenters. The molecule has 0 aliphatic carbocycles. The molecule has 4 aromatic heterocycles. The average Bonchev–Trinajstić information content (AvgIpc) is 3.40. The number of aryl methyl sites for hydroxylation is 1. The van der Waals surface area contributed by atoms with Gasteiger partial charge in [-0.2, -0.15) is 0 Å². The maximum Gasteiger partial charge on any atom is 0.264 e. The first kappa shape index (κ1) is 19.0. The Morgan fingerprint density at radius 2 is 2.07 bits per heavy atom. The molecule has 1 aliphatic rings. The van der Waals surface area contributed by atoms with Crippen LogP contribution in [-0.4, -0.2) is 56.8 Å². The lowest BCUT2D eigenvalue weighted by Gasteiger charge is -2.38. The molecule has 6 nitrogen and oxygen atoms in total. The molecule has 0 spiro atoms. The molecule has 4 aromatic rings. The first-order valence-electron chi connectivity index (χ1n) is 10.0. The van der Waals surface area contributed by atoms with Crippen molar-refractivity contribution in [1.82, 2.24) is 24.2 Å². The molecule has 0 radical (unpaired) electrons. The normalized spacial score (nSPS) is 17.5. The van der Waals surface area contributed by atoms with Crippen LogP contribution in [0.15, 0.2) is 60.6 Å². The smallest absolute Gasteiger partial charge is 0.264 e. The molecule has 1 amide bonds. The van der Waals surface area contributed by atoms with Gasteiger partial charge in [0, 0.05) is 43.8 Å². The van der Waals surface area contributed by atoms with Crippen LogP contribution in [0.4, 0.5) is 0 Å². The lowest BCUT2D eigenvalue weighted by molar-refractivity contribution is 0.0546. The van der Waals surface area contributed by atoms with Crippen LogP contribution in [0.2, 0.25) is 0 Å². The van der Waals surface area contributed by atoms with Gasteiger partial charge in [-0.3, -0.25) is 14.7 Å². The number of aromatic nitrogens is 3. The first-order chi connectivity index (χ1) is 14.6. The van der Waals surface area contributed by atoms with E-state index in [0.717, 1.165) is 45.9 Å². The third-order valence-electron chi connectivity index (χ3n) is 5.86. The zero-order valence-electron chi connectivity index (χ0n) is 17.0. The zero-order chi connectivity index (χ0) is 20.7. The van der Waals surface area contributed by atoms with Crippen LogP contribution in [0.3, 0.4) is 0 Å². The summed E-state index contributed by atoms with van der Waals surface area (Å²) >= 11 is 1.52. The van der Waals surface area contributed by atoms with Gasteiger partial charge in [-0.1, -0.05) is 12.1 Å². The second-order valence-corrected chi connectivity index (χ2v) is 8.68. The van der Waals surface area contributed by atoms with E-state index in [1.54, 1.807) is 6.20 Å². The number of piperazine rings is 1. The fourth-order valence-electron chi connectivity index (χ4n) is 4.07. The van der Waals surface area contributed by atoms with E-state index in [1.165, 1.54) is 11.3 Å². The number of likely N-dealkylation sites (N-methyl/N-ethyl adjacent to an activating group) is 1. The molecule has 0 N–H and O–H groups in total. The minimum Gasteiger partial charge on any atom is -0.335 e. The third-order valence-corrected chi connectivity index (χ3v) is 6.87. The molecular formula is C23H23N5OS. The van der Waals surface area contributed by atoms with Crippen LogP contribution in [0.5, 0.6) is 0 Å². The highest BCUT2D eigenvalue weighted by molar-refractivity contribution is 7.12. The quantitative estimate of drug-likeness (QED) is 0.507. The molecule has 30 heavy (non-hydrogen) atoms. The van der Waals surface area contributed by atoms with Crippen LogP contribution < -0.4 is 0 Å². The summed E-state index contributed by atoms with van der Waals surface area (Å²) in [5.41, 5.74) is 5.31. The lowest BCUT2D eigenvalue weighted by Crippen LogP contribution is -2.49. The minimum atomic E-state index is 0.0669. The molecular weight excluding hydrogens is 394 g/mol. The van der Waals surface area contributed by atoms with E-state index in [-0.39, 0.29) is 11.9 Å². The Hall–Kier alpha value is -3.03. The number of hydrogen-bond acceptors (Lipinski definition) is 5. The number of hydrogen-bond donors (Lipinski definition) is 0. The first-order valence-corrected chi connectivity index (χ1v) is 10.9. The predicted molar refractivity (Wildman–Crippen MR) is 119 cm³/mol. The highest BCUT2D eigenvalue weighted by Crippen LogP contribution is 2.29. The minimum absolute atomic E-state index is 0.0669. The van der Waals surface area contributed by atoms with Gasteiger partial charge in [0.05, 0.1) is 28.5 Å². The standard InChI is InChI=1S/C23H23N5OS/c1-16-7-11-30-22(16)23(29)27-10-9-26(2)20(14-27)21-19-6-5-18(13-28(19)15-25-21)17-4-3-8-24-12-17/h3-8,11-13,15,20H,9-10,14H2,1-2H3. The number of nitrogens with zero attached hydrogens (tertiary/aromatic N) is 5. The van der Waals surface area contributed by atoms with Crippen molar-refractivity contribution in [3.05, 3.63) is 76.8 Å². The van der Waals surface area contributed by atoms with Gasteiger partial charge in [0.15, 0.2) is 0 Å². The molecule has 1 aliphatic heterocycles. The van der Waals surface area contributed by atoms with Gasteiger partial charge in [0.25, 0.3) is 5.91 Å². The molecule has 1 saturated heterocycles. The van der Waals surface area contributed by atoms with Gasteiger partial charge in [-0.25, -0.2) is 4.98 Å². The van der Waals surface area contributed by atoms with Gasteiger partial charge in [0.2, 0.25) is 0 Å². The summed E-state index contributed by atoms with van der Waals surface area (Å²) in [6, 6.07) is 10.3. The van der Waals surface area contributed by atoms with Gasteiger partial charge < -0.3 is 9.30 Å². The number of rotatable bonds is 3. The van der Waals surface area contributed by atoms with E-state index in [9.17, 15) is 4.79 Å². The summed E-state index contributed by atoms with van der Waals surface area (Å²) in [5, 5.41) is 1.98. The Labute approximate surface area is 179 Å². The number of imidazole rings is 1. The molecule has 5 heterocycles. The van der Waals surface area contributed by atoms with Gasteiger partial charge in [-0.05, 0) is 48.7 Å². The van der Waals surface area contributed by atoms with Crippen molar-refractivity contribution in [2.24, 2.45) is 0 Å². The van der Waals surface area contributed by atoms with E-state index in [2.05, 4.69) is 45.7 Å². The summed E-state index contributed by atoms with van der Waals surface area (Å²) in [4.78, 5) is 27.1. The molecule has 7 heteroatoms. The second-order valence-electron chi connectivity index (χ2n) is 7.76. The van der Waals surface area contributed by atoms with Crippen LogP contribution in [0, 0.1) is 6.92 Å². The lowest BCUT2D eigenvalue weighted by atomic mass is 10.1. The molecule has 5 rings (SSSR count). The van der Waals surface area contributed by atoms with E-state index < -0.39 is 0 Å². The molecule has 0 aromatic carbocycles. The van der Waals surface area contributed by atoms with E-state index in [1.807, 2.05) is 41.9 Å². The highest BCUT2D eigenvalue weighted by atomic mass is 32.1. The molecule has 1 fully saturated rings. The maximum absolute atomic E-state index is 13.1. The fraction of sp³-hybridized carbons (Fsp3) is 0.261. The summed E-state index contributed by atoms with van der Waals surface area (Å²) in [7, 11) is 2.11. The topological polar surface area (TPSA) is 53.7 Å². The van der Waals surface area contributed by atoms with E-state index in [4.69, 9.17) is 4.98 Å². The average molecular weight is 418 g/mol. The largest absolute Gasteiger partial charge is 0.335 e. The summed E-state index contributed by atoms with van der Waals surface area (Å²) in [5.74, 6) is 0.128. The highest BCUT2D eigenvalue weighted by Gasteiger charge is 2.32. The van der Waals surface area contributed by atoms with Crippen LogP contribution in [-0.2, 0) is 0 Å². The van der Waals surface area contributed by atoms with Crippen molar-refractivity contribution in [3.63, 3.8) is 0 Å². The number of carbonyl (C=O) groups excluding carboxylic acids is 1. The fourth-order valence-corrected chi connectivity index (χ4v) is 4.96. The van der Waals surface area contributed by atoms with E-state index >= 15 is 0 Å². The van der Waals surface area contributed by atoms with Crippen molar-refractivity contribution < 1.29 is 4.79 Å². The Bertz CT molecular complexity index is 1200. The molecule has 152 valence electrons. The van der Waals surface area contributed by atoms with Gasteiger partial charge in [0.1, 0.15) is 0 Å². The van der Waals surface area contributed by atoms with Crippen molar-refractivity contribution in [3.8, 4) is 11.1 Å². The predicted octanol–water partition coefficient (Wildman–Crippen LogP) is 3.90. The van der Waals surface area contributed by atoms with Crippen LogP contribution in [0.1, 0.15) is 27.0 Å². The molecule has 0 saturated carbocycles. The number of fused-ring (bicyclic) bond motifs is 1. The van der Waals surface area contributed by atoms with Crippen LogP contribution in [0.25, 0.3) is 16.6 Å². The second kappa shape index (κ2) is 7.66. The summed E-state index contributed by atoms with van der Waals surface area (Å²) in [6.45, 7) is 4.21. The van der Waals surface area contributed by atoms with Gasteiger partial charge >= 0.3 is 0 Å². The Kier molecular flexibility index (Phi) is 4.84. The Morgan fingerprint density at radius 3 is 2.83 bits per heavy atom. The summed E-state index contributed by atoms with van der Waals surface area (Å²) < 4.78 is 2.07. The zero-order valence-corrected chi connectivity index (χ0v) is 17.8. The Balaban J connectivity index is 1.45. The van der Waals surface area contributed by atoms with Gasteiger partial charge in [-0.15, -0.1) is 11.3 Å². The Morgan fingerprint density at radius 1 is 1.17 bits per heavy atom. The van der Waals surface area contributed by atoms with E-state index in [0.29, 0.717) is 6.54 Å². The molecule has 0 bridgehead atoms. The monoisotopic (exact) mass is 417 g/mol. The number of amides is 1. The van der Waals surface area contributed by atoms with Crippen molar-refractivity contribution >= 4 is 22.8 Å². The van der Waals surface area contributed by atoms with Crippen molar-refractivity contribution in [2.45, 2.75) is 13.0 Å². The molecule has 1 atom stereocenters. The van der Waals surface area contributed by atoms with Crippen LogP contribution >= 0.6 is 11.3 Å². The summed E-state index contributed by atoms with van der Waals surface area (Å²) in [6.07, 6.45) is 7.59.